The average molecular weight is 328 g/mol. The summed E-state index contributed by atoms with van der Waals surface area (Å²) in [5.41, 5.74) is 0.690. The summed E-state index contributed by atoms with van der Waals surface area (Å²) in [7, 11) is 0. The zero-order valence-corrected chi connectivity index (χ0v) is 13.9. The Morgan fingerprint density at radius 1 is 1.22 bits per heavy atom. The molecule has 0 radical (unpaired) electrons. The van der Waals surface area contributed by atoms with Gasteiger partial charge in [-0.2, -0.15) is 0 Å². The van der Waals surface area contributed by atoms with E-state index in [4.69, 9.17) is 4.74 Å². The van der Waals surface area contributed by atoms with Crippen molar-refractivity contribution in [1.29, 1.82) is 0 Å². The van der Waals surface area contributed by atoms with Crippen LogP contribution in [0, 0.1) is 12.8 Å². The fraction of sp³-hybridized carbons (Fsp3) is 0.389. The summed E-state index contributed by atoms with van der Waals surface area (Å²) >= 11 is 1.61. The van der Waals surface area contributed by atoms with Crippen molar-refractivity contribution in [3.63, 3.8) is 0 Å². The molecule has 1 aliphatic heterocycles. The van der Waals surface area contributed by atoms with Crippen LogP contribution >= 0.6 is 11.3 Å². The summed E-state index contributed by atoms with van der Waals surface area (Å²) < 4.78 is 5.79. The van der Waals surface area contributed by atoms with Gasteiger partial charge in [-0.15, -0.1) is 11.3 Å². The summed E-state index contributed by atoms with van der Waals surface area (Å²) in [4.78, 5) is 13.6. The summed E-state index contributed by atoms with van der Waals surface area (Å²) in [5.74, 6) is 1.36. The topological polar surface area (TPSA) is 50.4 Å². The number of ether oxygens (including phenoxy) is 1. The lowest BCUT2D eigenvalue weighted by molar-refractivity contribution is 0.0925. The van der Waals surface area contributed by atoms with Crippen molar-refractivity contribution < 1.29 is 9.53 Å². The van der Waals surface area contributed by atoms with E-state index in [1.165, 1.54) is 11.3 Å². The van der Waals surface area contributed by atoms with Crippen LogP contribution in [0.3, 0.4) is 0 Å². The summed E-state index contributed by atoms with van der Waals surface area (Å²) in [5, 5.41) is 7.52. The van der Waals surface area contributed by atoms with Crippen LogP contribution in [0.25, 0.3) is 0 Å². The molecule has 1 amide bonds. The van der Waals surface area contributed by atoms with Gasteiger partial charge in [0.25, 0.3) is 5.91 Å². The van der Waals surface area contributed by atoms with Crippen LogP contribution in [0.15, 0.2) is 36.4 Å². The lowest BCUT2D eigenvalue weighted by Gasteiger charge is -2.23. The first kappa shape index (κ1) is 14.7. The molecule has 2 bridgehead atoms. The van der Waals surface area contributed by atoms with Crippen LogP contribution in [0.2, 0.25) is 0 Å². The second-order valence-electron chi connectivity index (χ2n) is 6.41. The van der Waals surface area contributed by atoms with E-state index >= 15 is 0 Å². The molecular weight excluding hydrogens is 308 g/mol. The zero-order valence-electron chi connectivity index (χ0n) is 13.0. The molecule has 2 aliphatic rings. The molecule has 1 aliphatic carbocycles. The predicted molar refractivity (Wildman–Crippen MR) is 91.3 cm³/mol. The molecule has 1 aromatic heterocycles. The van der Waals surface area contributed by atoms with Crippen molar-refractivity contribution in [2.24, 2.45) is 5.92 Å². The highest BCUT2D eigenvalue weighted by Crippen LogP contribution is 2.32. The first-order valence-electron chi connectivity index (χ1n) is 8.06. The van der Waals surface area contributed by atoms with E-state index in [9.17, 15) is 4.79 Å². The second kappa shape index (κ2) is 5.98. The van der Waals surface area contributed by atoms with Crippen LogP contribution < -0.4 is 15.4 Å². The van der Waals surface area contributed by atoms with Crippen LogP contribution in [0.5, 0.6) is 10.8 Å². The van der Waals surface area contributed by atoms with E-state index in [0.717, 1.165) is 23.8 Å². The molecule has 2 aromatic rings. The van der Waals surface area contributed by atoms with Gasteiger partial charge in [0.2, 0.25) is 0 Å². The third-order valence-corrected chi connectivity index (χ3v) is 5.61. The molecule has 2 N–H and O–H groups in total. The Balaban J connectivity index is 1.38. The number of amides is 1. The molecule has 3 unspecified atom stereocenters. The van der Waals surface area contributed by atoms with E-state index in [1.54, 1.807) is 11.3 Å². The second-order valence-corrected chi connectivity index (χ2v) is 7.66. The van der Waals surface area contributed by atoms with Gasteiger partial charge in [0.15, 0.2) is 5.06 Å². The number of rotatable bonds is 4. The van der Waals surface area contributed by atoms with Gasteiger partial charge in [-0.25, -0.2) is 0 Å². The molecule has 4 nitrogen and oxygen atoms in total. The average Bonchev–Trinajstić information content (AvgIpc) is 3.25. The standard InChI is InChI=1S/C18H20N2O2S/c1-11-2-7-17(23-11)22-15-5-3-12(4-6-15)18(21)20-16-9-14-8-13(16)10-19-14/h2-7,13-14,16,19H,8-10H2,1H3,(H,20,21). The number of carbonyl (C=O) groups is 1. The number of fused-ring (bicyclic) bond motifs is 2. The summed E-state index contributed by atoms with van der Waals surface area (Å²) in [6.45, 7) is 3.08. The number of carbonyl (C=O) groups excluding carboxylic acids is 1. The fourth-order valence-corrected chi connectivity index (χ4v) is 4.25. The minimum atomic E-state index is 0.0149. The van der Waals surface area contributed by atoms with Crippen LogP contribution in [0.4, 0.5) is 0 Å². The summed E-state index contributed by atoms with van der Waals surface area (Å²) in [6, 6.07) is 12.3. The maximum Gasteiger partial charge on any atom is 0.251 e. The molecule has 120 valence electrons. The SMILES string of the molecule is Cc1ccc(Oc2ccc(C(=O)NC3CC4CC3CN4)cc2)s1. The highest BCUT2D eigenvalue weighted by molar-refractivity contribution is 7.13. The Labute approximate surface area is 139 Å². The van der Waals surface area contributed by atoms with Gasteiger partial charge >= 0.3 is 0 Å². The molecule has 1 saturated carbocycles. The minimum Gasteiger partial charge on any atom is -0.447 e. The molecule has 1 saturated heterocycles. The molecule has 2 fully saturated rings. The van der Waals surface area contributed by atoms with Crippen LogP contribution in [-0.2, 0) is 0 Å². The van der Waals surface area contributed by atoms with E-state index < -0.39 is 0 Å². The van der Waals surface area contributed by atoms with Crippen molar-refractivity contribution in [1.82, 2.24) is 10.6 Å². The largest absolute Gasteiger partial charge is 0.447 e. The Hall–Kier alpha value is -1.85. The number of nitrogens with one attached hydrogen (secondary N) is 2. The molecule has 0 spiro atoms. The smallest absolute Gasteiger partial charge is 0.251 e. The van der Waals surface area contributed by atoms with E-state index in [-0.39, 0.29) is 5.91 Å². The van der Waals surface area contributed by atoms with Gasteiger partial charge in [0, 0.05) is 29.1 Å². The molecule has 23 heavy (non-hydrogen) atoms. The maximum atomic E-state index is 12.4. The van der Waals surface area contributed by atoms with E-state index in [2.05, 4.69) is 17.6 Å². The Kier molecular flexibility index (Phi) is 3.83. The third-order valence-electron chi connectivity index (χ3n) is 4.73. The Morgan fingerprint density at radius 3 is 2.65 bits per heavy atom. The monoisotopic (exact) mass is 328 g/mol. The van der Waals surface area contributed by atoms with E-state index in [0.29, 0.717) is 23.6 Å². The number of thiophene rings is 1. The van der Waals surface area contributed by atoms with Crippen LogP contribution in [0.1, 0.15) is 28.1 Å². The van der Waals surface area contributed by atoms with Crippen molar-refractivity contribution in [3.8, 4) is 10.8 Å². The Bertz CT molecular complexity index is 710. The number of aryl methyl sites for hydroxylation is 1. The van der Waals surface area contributed by atoms with Gasteiger partial charge in [-0.3, -0.25) is 4.79 Å². The van der Waals surface area contributed by atoms with Gasteiger partial charge in [0.1, 0.15) is 5.75 Å². The summed E-state index contributed by atoms with van der Waals surface area (Å²) in [6.07, 6.45) is 2.24. The molecule has 2 heterocycles. The molecule has 4 rings (SSSR count). The van der Waals surface area contributed by atoms with E-state index in [1.807, 2.05) is 36.4 Å². The lowest BCUT2D eigenvalue weighted by Crippen LogP contribution is -2.44. The molecule has 3 atom stereocenters. The quantitative estimate of drug-likeness (QED) is 0.905. The maximum absolute atomic E-state index is 12.4. The van der Waals surface area contributed by atoms with Gasteiger partial charge in [-0.05, 0) is 62.1 Å². The molecule has 1 aromatic carbocycles. The van der Waals surface area contributed by atoms with Crippen molar-refractivity contribution in [2.45, 2.75) is 31.8 Å². The fourth-order valence-electron chi connectivity index (χ4n) is 3.52. The van der Waals surface area contributed by atoms with Crippen molar-refractivity contribution >= 4 is 17.2 Å². The number of benzene rings is 1. The number of hydrogen-bond donors (Lipinski definition) is 2. The van der Waals surface area contributed by atoms with Crippen molar-refractivity contribution in [2.75, 3.05) is 6.54 Å². The Morgan fingerprint density at radius 2 is 2.04 bits per heavy atom. The number of hydrogen-bond acceptors (Lipinski definition) is 4. The van der Waals surface area contributed by atoms with Gasteiger partial charge < -0.3 is 15.4 Å². The number of piperidine rings is 1. The first-order valence-corrected chi connectivity index (χ1v) is 8.87. The van der Waals surface area contributed by atoms with Gasteiger partial charge in [0.05, 0.1) is 0 Å². The minimum absolute atomic E-state index is 0.0149. The predicted octanol–water partition coefficient (Wildman–Crippen LogP) is 3.33. The van der Waals surface area contributed by atoms with Crippen molar-refractivity contribution in [3.05, 3.63) is 46.8 Å². The first-order chi connectivity index (χ1) is 11.2. The highest BCUT2D eigenvalue weighted by atomic mass is 32.1. The normalized spacial score (nSPS) is 25.5. The van der Waals surface area contributed by atoms with Gasteiger partial charge in [-0.1, -0.05) is 0 Å². The third kappa shape index (κ3) is 3.12. The molecular formula is C18H20N2O2S. The molecule has 5 heteroatoms. The highest BCUT2D eigenvalue weighted by Gasteiger charge is 2.39. The lowest BCUT2D eigenvalue weighted by atomic mass is 10.0. The van der Waals surface area contributed by atoms with Crippen LogP contribution in [-0.4, -0.2) is 24.5 Å². The zero-order chi connectivity index (χ0) is 15.8.